The van der Waals surface area contributed by atoms with Gasteiger partial charge in [0.05, 0.1) is 16.1 Å². The smallest absolute Gasteiger partial charge is 0.305 e. The van der Waals surface area contributed by atoms with Crippen molar-refractivity contribution in [3.05, 3.63) is 52.4 Å². The number of nitrogens with one attached hydrogen (secondary N) is 1. The molecule has 0 saturated carbocycles. The predicted molar refractivity (Wildman–Crippen MR) is 71.4 cm³/mol. The first-order valence-electron chi connectivity index (χ1n) is 6.06. The summed E-state index contributed by atoms with van der Waals surface area (Å²) in [4.78, 5) is 18.6. The molecule has 0 fully saturated rings. The first-order valence-corrected chi connectivity index (χ1v) is 6.43. The molecule has 0 aliphatic carbocycles. The Kier molecular flexibility index (Phi) is 4.70. The van der Waals surface area contributed by atoms with Crippen molar-refractivity contribution in [1.82, 2.24) is 9.97 Å². The third-order valence-corrected chi connectivity index (χ3v) is 3.00. The molecule has 0 saturated heterocycles. The van der Waals surface area contributed by atoms with E-state index in [4.69, 9.17) is 11.6 Å². The van der Waals surface area contributed by atoms with Gasteiger partial charge in [-0.2, -0.15) is 26.3 Å². The fraction of sp³-hybridized carbons (Fsp3) is 0.154. The average molecular weight is 370 g/mol. The van der Waals surface area contributed by atoms with Crippen molar-refractivity contribution < 1.29 is 31.1 Å². The number of pyridine rings is 2. The SMILES string of the molecule is O=C(Nc1ccc(C(F)(F)F)cn1)c1ncc(C(F)(F)F)cc1Cl. The zero-order valence-corrected chi connectivity index (χ0v) is 12.1. The number of amides is 1. The molecule has 1 amide bonds. The number of aromatic nitrogens is 2. The highest BCUT2D eigenvalue weighted by Crippen LogP contribution is 2.31. The van der Waals surface area contributed by atoms with Crippen LogP contribution in [0.3, 0.4) is 0 Å². The maximum absolute atomic E-state index is 12.5. The molecule has 0 unspecified atom stereocenters. The second-order valence-electron chi connectivity index (χ2n) is 4.44. The Labute approximate surface area is 135 Å². The number of carbonyl (C=O) groups is 1. The summed E-state index contributed by atoms with van der Waals surface area (Å²) in [5, 5.41) is 1.53. The molecular formula is C13H6ClF6N3O. The second kappa shape index (κ2) is 6.27. The fourth-order valence-electron chi connectivity index (χ4n) is 1.57. The molecule has 11 heteroatoms. The molecule has 0 aliphatic heterocycles. The molecule has 0 atom stereocenters. The molecule has 0 spiro atoms. The quantitative estimate of drug-likeness (QED) is 0.797. The summed E-state index contributed by atoms with van der Waals surface area (Å²) in [7, 11) is 0. The number of anilines is 1. The fourth-order valence-corrected chi connectivity index (χ4v) is 1.82. The average Bonchev–Trinajstić information content (AvgIpc) is 2.45. The van der Waals surface area contributed by atoms with E-state index in [1.54, 1.807) is 0 Å². The van der Waals surface area contributed by atoms with Gasteiger partial charge in [-0.05, 0) is 18.2 Å². The van der Waals surface area contributed by atoms with Gasteiger partial charge in [0.15, 0.2) is 0 Å². The van der Waals surface area contributed by atoms with Crippen LogP contribution in [0.2, 0.25) is 5.02 Å². The highest BCUT2D eigenvalue weighted by Gasteiger charge is 2.32. The van der Waals surface area contributed by atoms with Gasteiger partial charge in [-0.15, -0.1) is 0 Å². The number of nitrogens with zero attached hydrogens (tertiary/aromatic N) is 2. The summed E-state index contributed by atoms with van der Waals surface area (Å²) in [6.45, 7) is 0. The molecule has 0 aromatic carbocycles. The summed E-state index contributed by atoms with van der Waals surface area (Å²) >= 11 is 5.59. The molecule has 2 aromatic heterocycles. The van der Waals surface area contributed by atoms with Crippen LogP contribution in [0, 0.1) is 0 Å². The van der Waals surface area contributed by atoms with Gasteiger partial charge in [0.2, 0.25) is 0 Å². The van der Waals surface area contributed by atoms with Crippen molar-refractivity contribution in [2.24, 2.45) is 0 Å². The lowest BCUT2D eigenvalue weighted by molar-refractivity contribution is -0.138. The summed E-state index contributed by atoms with van der Waals surface area (Å²) in [6, 6.07) is 2.09. The molecule has 4 nitrogen and oxygen atoms in total. The Morgan fingerprint density at radius 2 is 1.54 bits per heavy atom. The first-order chi connectivity index (χ1) is 11.0. The molecular weight excluding hydrogens is 364 g/mol. The number of carbonyl (C=O) groups excluding carboxylic acids is 1. The normalized spacial score (nSPS) is 12.1. The van der Waals surface area contributed by atoms with Crippen molar-refractivity contribution in [2.45, 2.75) is 12.4 Å². The van der Waals surface area contributed by atoms with Crippen LogP contribution in [0.4, 0.5) is 32.2 Å². The van der Waals surface area contributed by atoms with Crippen LogP contribution < -0.4 is 5.32 Å². The molecule has 128 valence electrons. The minimum absolute atomic E-state index is 0.245. The van der Waals surface area contributed by atoms with Crippen LogP contribution >= 0.6 is 11.6 Å². The molecule has 2 heterocycles. The maximum Gasteiger partial charge on any atom is 0.417 e. The van der Waals surface area contributed by atoms with Gasteiger partial charge >= 0.3 is 12.4 Å². The minimum Gasteiger partial charge on any atom is -0.305 e. The van der Waals surface area contributed by atoms with Gasteiger partial charge in [-0.3, -0.25) is 4.79 Å². The zero-order chi connectivity index (χ0) is 18.1. The standard InChI is InChI=1S/C13H6ClF6N3O/c14-8-3-7(13(18,19)20)5-22-10(8)11(24)23-9-2-1-6(4-21-9)12(15,16)17/h1-5H,(H,21,23,24). The lowest BCUT2D eigenvalue weighted by atomic mass is 10.2. The van der Waals surface area contributed by atoms with Crippen LogP contribution in [0.15, 0.2) is 30.6 Å². The molecule has 0 aliphatic rings. The number of rotatable bonds is 2. The van der Waals surface area contributed by atoms with Crippen molar-refractivity contribution in [3.8, 4) is 0 Å². The largest absolute Gasteiger partial charge is 0.417 e. The summed E-state index contributed by atoms with van der Waals surface area (Å²) in [6.07, 6.45) is -8.35. The third-order valence-electron chi connectivity index (χ3n) is 2.72. The highest BCUT2D eigenvalue weighted by molar-refractivity contribution is 6.34. The molecule has 0 bridgehead atoms. The number of hydrogen-bond acceptors (Lipinski definition) is 3. The molecule has 2 aromatic rings. The van der Waals surface area contributed by atoms with Crippen molar-refractivity contribution in [3.63, 3.8) is 0 Å². The van der Waals surface area contributed by atoms with Gasteiger partial charge < -0.3 is 5.32 Å². The van der Waals surface area contributed by atoms with Gasteiger partial charge in [0, 0.05) is 12.4 Å². The van der Waals surface area contributed by atoms with E-state index in [2.05, 4.69) is 15.3 Å². The van der Waals surface area contributed by atoms with E-state index in [1.165, 1.54) is 0 Å². The second-order valence-corrected chi connectivity index (χ2v) is 4.84. The number of hydrogen-bond donors (Lipinski definition) is 1. The molecule has 0 radical (unpaired) electrons. The topological polar surface area (TPSA) is 54.9 Å². The first kappa shape index (κ1) is 18.0. The van der Waals surface area contributed by atoms with E-state index < -0.39 is 40.1 Å². The van der Waals surface area contributed by atoms with Gasteiger partial charge in [0.1, 0.15) is 11.5 Å². The van der Waals surface area contributed by atoms with E-state index in [0.29, 0.717) is 24.5 Å². The van der Waals surface area contributed by atoms with E-state index >= 15 is 0 Å². The van der Waals surface area contributed by atoms with Gasteiger partial charge in [-0.1, -0.05) is 11.6 Å². The van der Waals surface area contributed by atoms with Crippen LogP contribution in [0.1, 0.15) is 21.6 Å². The Bertz CT molecular complexity index is 758. The molecule has 2 rings (SSSR count). The number of halogens is 7. The van der Waals surface area contributed by atoms with Crippen LogP contribution in [-0.4, -0.2) is 15.9 Å². The van der Waals surface area contributed by atoms with Gasteiger partial charge in [-0.25, -0.2) is 9.97 Å². The summed E-state index contributed by atoms with van der Waals surface area (Å²) in [5.41, 5.74) is -2.69. The highest BCUT2D eigenvalue weighted by atomic mass is 35.5. The third kappa shape index (κ3) is 4.13. The van der Waals surface area contributed by atoms with E-state index in [0.717, 1.165) is 6.07 Å². The Morgan fingerprint density at radius 3 is 2.00 bits per heavy atom. The lowest BCUT2D eigenvalue weighted by Crippen LogP contribution is -2.17. The minimum atomic E-state index is -4.68. The summed E-state index contributed by atoms with van der Waals surface area (Å²) in [5.74, 6) is -1.26. The van der Waals surface area contributed by atoms with Crippen LogP contribution in [0.25, 0.3) is 0 Å². The Morgan fingerprint density at radius 1 is 0.958 bits per heavy atom. The lowest BCUT2D eigenvalue weighted by Gasteiger charge is -2.10. The Hall–Kier alpha value is -2.36. The Balaban J connectivity index is 2.18. The van der Waals surface area contributed by atoms with Crippen LogP contribution in [0.5, 0.6) is 0 Å². The predicted octanol–water partition coefficient (Wildman–Crippen LogP) is 4.42. The van der Waals surface area contributed by atoms with Crippen LogP contribution in [-0.2, 0) is 12.4 Å². The summed E-state index contributed by atoms with van der Waals surface area (Å²) < 4.78 is 74.6. The monoisotopic (exact) mass is 369 g/mol. The zero-order valence-electron chi connectivity index (χ0n) is 11.3. The molecule has 1 N–H and O–H groups in total. The van der Waals surface area contributed by atoms with Gasteiger partial charge in [0.25, 0.3) is 5.91 Å². The van der Waals surface area contributed by atoms with Crippen molar-refractivity contribution in [1.29, 1.82) is 0 Å². The van der Waals surface area contributed by atoms with E-state index in [-0.39, 0.29) is 5.82 Å². The van der Waals surface area contributed by atoms with Crippen molar-refractivity contribution >= 4 is 23.3 Å². The number of alkyl halides is 6. The van der Waals surface area contributed by atoms with Crippen molar-refractivity contribution in [2.75, 3.05) is 5.32 Å². The van der Waals surface area contributed by atoms with E-state index in [1.807, 2.05) is 0 Å². The molecule has 24 heavy (non-hydrogen) atoms. The van der Waals surface area contributed by atoms with E-state index in [9.17, 15) is 31.1 Å². The maximum atomic E-state index is 12.5.